The first kappa shape index (κ1) is 15.6. The zero-order chi connectivity index (χ0) is 15.2. The Balaban J connectivity index is 1.82. The molecule has 6 heteroatoms. The lowest BCUT2D eigenvalue weighted by Gasteiger charge is -2.31. The molecule has 1 fully saturated rings. The lowest BCUT2D eigenvalue weighted by molar-refractivity contribution is 0.0452. The average Bonchev–Trinajstić information content (AvgIpc) is 2.49. The van der Waals surface area contributed by atoms with Crippen molar-refractivity contribution in [2.45, 2.75) is 44.4 Å². The van der Waals surface area contributed by atoms with Crippen LogP contribution in [-0.2, 0) is 11.3 Å². The smallest absolute Gasteiger partial charge is 0.315 e. The minimum absolute atomic E-state index is 0.0142. The van der Waals surface area contributed by atoms with Crippen molar-refractivity contribution in [2.24, 2.45) is 0 Å². The summed E-state index contributed by atoms with van der Waals surface area (Å²) in [5, 5.41) is 14.7. The molecule has 0 saturated heterocycles. The fraction of sp³-hybridized carbons (Fsp3) is 0.533. The fourth-order valence-electron chi connectivity index (χ4n) is 2.61. The number of benzene rings is 1. The van der Waals surface area contributed by atoms with Crippen LogP contribution in [0.1, 0.15) is 31.2 Å². The predicted molar refractivity (Wildman–Crippen MR) is 76.5 cm³/mol. The number of carbonyl (C=O) groups excluding carboxylic acids is 1. The molecule has 116 valence electrons. The van der Waals surface area contributed by atoms with Gasteiger partial charge in [-0.2, -0.15) is 0 Å². The Morgan fingerprint density at radius 3 is 2.90 bits per heavy atom. The molecule has 1 aliphatic rings. The number of urea groups is 1. The second-order valence-corrected chi connectivity index (χ2v) is 5.28. The molecule has 2 atom stereocenters. The van der Waals surface area contributed by atoms with Gasteiger partial charge in [-0.25, -0.2) is 9.18 Å². The molecule has 2 rings (SSSR count). The van der Waals surface area contributed by atoms with Crippen molar-refractivity contribution in [3.05, 3.63) is 29.6 Å². The van der Waals surface area contributed by atoms with E-state index in [0.717, 1.165) is 25.7 Å². The van der Waals surface area contributed by atoms with Crippen LogP contribution in [0, 0.1) is 5.82 Å². The largest absolute Gasteiger partial charge is 0.505 e. The second kappa shape index (κ2) is 7.26. The van der Waals surface area contributed by atoms with Gasteiger partial charge >= 0.3 is 6.03 Å². The number of halogens is 1. The molecule has 3 N–H and O–H groups in total. The Bertz CT molecular complexity index is 496. The van der Waals surface area contributed by atoms with E-state index in [2.05, 4.69) is 10.6 Å². The third kappa shape index (κ3) is 4.32. The summed E-state index contributed by atoms with van der Waals surface area (Å²) in [5.74, 6) is -1.09. The van der Waals surface area contributed by atoms with Gasteiger partial charge < -0.3 is 20.5 Å². The van der Waals surface area contributed by atoms with Gasteiger partial charge in [0.1, 0.15) is 0 Å². The monoisotopic (exact) mass is 296 g/mol. The Kier molecular flexibility index (Phi) is 5.38. The highest BCUT2D eigenvalue weighted by Gasteiger charge is 2.26. The van der Waals surface area contributed by atoms with Gasteiger partial charge in [-0.15, -0.1) is 0 Å². The third-order valence-corrected chi connectivity index (χ3v) is 3.79. The van der Waals surface area contributed by atoms with Gasteiger partial charge in [0.15, 0.2) is 11.6 Å². The molecule has 0 bridgehead atoms. The third-order valence-electron chi connectivity index (χ3n) is 3.79. The number of ether oxygens (including phenoxy) is 1. The average molecular weight is 296 g/mol. The summed E-state index contributed by atoms with van der Waals surface area (Å²) < 4.78 is 18.6. The highest BCUT2D eigenvalue weighted by atomic mass is 19.1. The van der Waals surface area contributed by atoms with Gasteiger partial charge in [0.25, 0.3) is 0 Å². The van der Waals surface area contributed by atoms with E-state index in [-0.39, 0.29) is 24.7 Å². The number of rotatable bonds is 4. The Morgan fingerprint density at radius 2 is 2.19 bits per heavy atom. The van der Waals surface area contributed by atoms with E-state index in [1.54, 1.807) is 13.2 Å². The molecule has 21 heavy (non-hydrogen) atoms. The maximum Gasteiger partial charge on any atom is 0.315 e. The Hall–Kier alpha value is -1.82. The molecular weight excluding hydrogens is 275 g/mol. The number of hydrogen-bond acceptors (Lipinski definition) is 3. The molecule has 0 spiro atoms. The van der Waals surface area contributed by atoms with Crippen LogP contribution in [0.15, 0.2) is 18.2 Å². The fourth-order valence-corrected chi connectivity index (χ4v) is 2.61. The summed E-state index contributed by atoms with van der Waals surface area (Å²) in [5.41, 5.74) is 0.590. The molecule has 1 aromatic rings. The lowest BCUT2D eigenvalue weighted by Crippen LogP contribution is -2.49. The van der Waals surface area contributed by atoms with Crippen molar-refractivity contribution in [1.82, 2.24) is 10.6 Å². The van der Waals surface area contributed by atoms with Gasteiger partial charge in [-0.3, -0.25) is 0 Å². The normalized spacial score (nSPS) is 21.8. The molecule has 0 heterocycles. The quantitative estimate of drug-likeness (QED) is 0.798. The zero-order valence-electron chi connectivity index (χ0n) is 12.1. The van der Waals surface area contributed by atoms with Gasteiger partial charge in [0, 0.05) is 13.7 Å². The van der Waals surface area contributed by atoms with Crippen molar-refractivity contribution in [3.8, 4) is 5.75 Å². The first-order valence-corrected chi connectivity index (χ1v) is 7.14. The summed E-state index contributed by atoms with van der Waals surface area (Å²) >= 11 is 0. The van der Waals surface area contributed by atoms with E-state index in [1.165, 1.54) is 12.1 Å². The molecular formula is C15H21FN2O3. The first-order valence-electron chi connectivity index (χ1n) is 7.14. The van der Waals surface area contributed by atoms with Gasteiger partial charge in [-0.05, 0) is 30.5 Å². The highest BCUT2D eigenvalue weighted by Crippen LogP contribution is 2.20. The number of hydrogen-bond donors (Lipinski definition) is 3. The van der Waals surface area contributed by atoms with Crippen molar-refractivity contribution >= 4 is 6.03 Å². The SMILES string of the molecule is COC1CCCCC1NC(=O)NCc1ccc(O)c(F)c1. The molecule has 0 aromatic heterocycles. The zero-order valence-corrected chi connectivity index (χ0v) is 12.1. The molecule has 1 aromatic carbocycles. The van der Waals surface area contributed by atoms with Crippen LogP contribution >= 0.6 is 0 Å². The second-order valence-electron chi connectivity index (χ2n) is 5.28. The lowest BCUT2D eigenvalue weighted by atomic mass is 9.92. The van der Waals surface area contributed by atoms with Crippen LogP contribution in [0.5, 0.6) is 5.75 Å². The van der Waals surface area contributed by atoms with Gasteiger partial charge in [0.05, 0.1) is 12.1 Å². The molecule has 2 unspecified atom stereocenters. The van der Waals surface area contributed by atoms with E-state index < -0.39 is 11.6 Å². The highest BCUT2D eigenvalue weighted by molar-refractivity contribution is 5.74. The van der Waals surface area contributed by atoms with Gasteiger partial charge in [0.2, 0.25) is 0 Å². The summed E-state index contributed by atoms with van der Waals surface area (Å²) in [6, 6.07) is 3.76. The van der Waals surface area contributed by atoms with Crippen LogP contribution in [0.4, 0.5) is 9.18 Å². The maximum absolute atomic E-state index is 13.2. The number of carbonyl (C=O) groups is 1. The molecule has 0 radical (unpaired) electrons. The van der Waals surface area contributed by atoms with Crippen LogP contribution < -0.4 is 10.6 Å². The van der Waals surface area contributed by atoms with Crippen molar-refractivity contribution in [3.63, 3.8) is 0 Å². The molecule has 0 aliphatic heterocycles. The first-order chi connectivity index (χ1) is 10.1. The van der Waals surface area contributed by atoms with E-state index in [4.69, 9.17) is 9.84 Å². The van der Waals surface area contributed by atoms with Crippen molar-refractivity contribution in [1.29, 1.82) is 0 Å². The minimum atomic E-state index is -0.693. The standard InChI is InChI=1S/C15H21FN2O3/c1-21-14-5-3-2-4-12(14)18-15(20)17-9-10-6-7-13(19)11(16)8-10/h6-8,12,14,19H,2-5,9H2,1H3,(H2,17,18,20). The predicted octanol–water partition coefficient (Wildman–Crippen LogP) is 2.29. The summed E-state index contributed by atoms with van der Waals surface area (Å²) in [6.45, 7) is 0.202. The maximum atomic E-state index is 13.2. The number of aromatic hydroxyl groups is 1. The van der Waals surface area contributed by atoms with Crippen molar-refractivity contribution < 1.29 is 19.0 Å². The summed E-state index contributed by atoms with van der Waals surface area (Å²) in [6.07, 6.45) is 4.10. The van der Waals surface area contributed by atoms with Crippen LogP contribution in [0.25, 0.3) is 0 Å². The van der Waals surface area contributed by atoms with E-state index in [9.17, 15) is 9.18 Å². The Morgan fingerprint density at radius 1 is 1.43 bits per heavy atom. The Labute approximate surface area is 123 Å². The van der Waals surface area contributed by atoms with Crippen LogP contribution in [-0.4, -0.2) is 30.4 Å². The number of amides is 2. The number of phenols is 1. The molecule has 2 amide bonds. The summed E-state index contributed by atoms with van der Waals surface area (Å²) in [4.78, 5) is 11.9. The minimum Gasteiger partial charge on any atom is -0.505 e. The molecule has 5 nitrogen and oxygen atoms in total. The number of nitrogens with one attached hydrogen (secondary N) is 2. The number of methoxy groups -OCH3 is 1. The van der Waals surface area contributed by atoms with Crippen molar-refractivity contribution in [2.75, 3.05) is 7.11 Å². The topological polar surface area (TPSA) is 70.6 Å². The van der Waals surface area contributed by atoms with E-state index >= 15 is 0 Å². The molecule has 1 saturated carbocycles. The van der Waals surface area contributed by atoms with Crippen LogP contribution in [0.3, 0.4) is 0 Å². The van der Waals surface area contributed by atoms with E-state index in [0.29, 0.717) is 5.56 Å². The number of phenolic OH excluding ortho intramolecular Hbond substituents is 1. The molecule has 1 aliphatic carbocycles. The van der Waals surface area contributed by atoms with E-state index in [1.807, 2.05) is 0 Å². The summed E-state index contributed by atoms with van der Waals surface area (Å²) in [7, 11) is 1.65. The van der Waals surface area contributed by atoms with Crippen LogP contribution in [0.2, 0.25) is 0 Å². The van der Waals surface area contributed by atoms with Gasteiger partial charge in [-0.1, -0.05) is 18.9 Å².